The Morgan fingerprint density at radius 2 is 1.87 bits per heavy atom. The van der Waals surface area contributed by atoms with Gasteiger partial charge in [-0.1, -0.05) is 36.0 Å². The van der Waals surface area contributed by atoms with Crippen molar-refractivity contribution in [3.05, 3.63) is 59.9 Å². The van der Waals surface area contributed by atoms with Gasteiger partial charge in [0, 0.05) is 19.8 Å². The molecule has 0 spiro atoms. The number of hydrogen-bond acceptors (Lipinski definition) is 6. The molecule has 0 aliphatic carbocycles. The van der Waals surface area contributed by atoms with E-state index in [1.807, 2.05) is 42.7 Å². The summed E-state index contributed by atoms with van der Waals surface area (Å²) in [6.45, 7) is 3.80. The summed E-state index contributed by atoms with van der Waals surface area (Å²) in [7, 11) is -0.651. The van der Waals surface area contributed by atoms with Crippen molar-refractivity contribution in [3.63, 3.8) is 0 Å². The van der Waals surface area contributed by atoms with Gasteiger partial charge in [0.1, 0.15) is 6.33 Å². The van der Waals surface area contributed by atoms with E-state index in [4.69, 9.17) is 0 Å². The Morgan fingerprint density at radius 1 is 1.13 bits per heavy atom. The number of thioether (sulfide) groups is 1. The number of carbonyl (C=O) groups is 1. The molecule has 1 aromatic heterocycles. The first kappa shape index (κ1) is 22.0. The average Bonchev–Trinajstić information content (AvgIpc) is 3.16. The Bertz CT molecular complexity index is 1170. The highest BCUT2D eigenvalue weighted by Crippen LogP contribution is 2.24. The summed E-state index contributed by atoms with van der Waals surface area (Å²) in [5.74, 6) is -0.156. The number of aryl methyl sites for hydroxylation is 2. The second-order valence-corrected chi connectivity index (χ2v) is 9.97. The van der Waals surface area contributed by atoms with Crippen LogP contribution >= 0.6 is 11.8 Å². The maximum Gasteiger partial charge on any atom is 0.242 e. The van der Waals surface area contributed by atoms with Gasteiger partial charge in [-0.2, -0.15) is 0 Å². The smallest absolute Gasteiger partial charge is 0.242 e. The van der Waals surface area contributed by atoms with Gasteiger partial charge in [-0.3, -0.25) is 9.36 Å². The molecule has 10 heteroatoms. The van der Waals surface area contributed by atoms with E-state index in [0.717, 1.165) is 21.1 Å². The number of amides is 1. The van der Waals surface area contributed by atoms with Crippen molar-refractivity contribution < 1.29 is 13.2 Å². The van der Waals surface area contributed by atoms with Crippen LogP contribution in [0.1, 0.15) is 11.1 Å². The number of anilines is 1. The van der Waals surface area contributed by atoms with Crippen LogP contribution in [0.15, 0.2) is 58.8 Å². The lowest BCUT2D eigenvalue weighted by Gasteiger charge is -2.14. The van der Waals surface area contributed by atoms with Gasteiger partial charge in [0.25, 0.3) is 0 Å². The molecular weight excluding hydrogens is 422 g/mol. The summed E-state index contributed by atoms with van der Waals surface area (Å²) < 4.78 is 27.7. The van der Waals surface area contributed by atoms with E-state index in [9.17, 15) is 13.2 Å². The first-order valence-electron chi connectivity index (χ1n) is 9.12. The summed E-state index contributed by atoms with van der Waals surface area (Å²) in [5, 5.41) is 11.5. The fourth-order valence-corrected chi connectivity index (χ4v) is 4.40. The molecule has 30 heavy (non-hydrogen) atoms. The highest BCUT2D eigenvalue weighted by molar-refractivity contribution is 7.99. The van der Waals surface area contributed by atoms with Gasteiger partial charge in [0.2, 0.25) is 15.9 Å². The van der Waals surface area contributed by atoms with Gasteiger partial charge in [0.05, 0.1) is 16.3 Å². The van der Waals surface area contributed by atoms with E-state index in [1.54, 1.807) is 12.4 Å². The summed E-state index contributed by atoms with van der Waals surface area (Å²) in [6, 6.07) is 12.5. The van der Waals surface area contributed by atoms with E-state index in [1.165, 1.54) is 38.0 Å². The van der Waals surface area contributed by atoms with Crippen molar-refractivity contribution in [3.8, 4) is 5.69 Å². The van der Waals surface area contributed by atoms with Crippen molar-refractivity contribution in [2.45, 2.75) is 23.9 Å². The van der Waals surface area contributed by atoms with Gasteiger partial charge in [0.15, 0.2) is 5.16 Å². The summed E-state index contributed by atoms with van der Waals surface area (Å²) >= 11 is 1.26. The monoisotopic (exact) mass is 445 g/mol. The fraction of sp³-hybridized carbons (Fsp3) is 0.250. The maximum atomic E-state index is 12.5. The normalized spacial score (nSPS) is 11.6. The van der Waals surface area contributed by atoms with E-state index < -0.39 is 10.0 Å². The molecule has 3 rings (SSSR count). The van der Waals surface area contributed by atoms with Crippen LogP contribution in [-0.4, -0.2) is 53.2 Å². The molecule has 158 valence electrons. The lowest BCUT2D eigenvalue weighted by Crippen LogP contribution is -2.22. The van der Waals surface area contributed by atoms with Crippen LogP contribution in [0, 0.1) is 13.8 Å². The van der Waals surface area contributed by atoms with E-state index in [-0.39, 0.29) is 16.6 Å². The molecule has 0 saturated carbocycles. The van der Waals surface area contributed by atoms with Crippen LogP contribution in [0.4, 0.5) is 5.69 Å². The zero-order valence-electron chi connectivity index (χ0n) is 17.2. The molecule has 0 atom stereocenters. The third kappa shape index (κ3) is 4.72. The molecule has 0 unspecified atom stereocenters. The number of nitrogens with one attached hydrogen (secondary N) is 1. The van der Waals surface area contributed by atoms with Crippen molar-refractivity contribution in [1.29, 1.82) is 0 Å². The third-order valence-electron chi connectivity index (χ3n) is 4.49. The zero-order chi connectivity index (χ0) is 21.9. The topological polar surface area (TPSA) is 97.2 Å². The predicted molar refractivity (Wildman–Crippen MR) is 118 cm³/mol. The largest absolute Gasteiger partial charge is 0.325 e. The number of benzene rings is 2. The van der Waals surface area contributed by atoms with Gasteiger partial charge < -0.3 is 5.32 Å². The van der Waals surface area contributed by atoms with Crippen molar-refractivity contribution in [2.24, 2.45) is 0 Å². The van der Waals surface area contributed by atoms with Crippen molar-refractivity contribution in [1.82, 2.24) is 19.1 Å². The van der Waals surface area contributed by atoms with Crippen LogP contribution in [0.3, 0.4) is 0 Å². The zero-order valence-corrected chi connectivity index (χ0v) is 18.8. The minimum atomic E-state index is -3.58. The van der Waals surface area contributed by atoms with Gasteiger partial charge in [-0.15, -0.1) is 10.2 Å². The first-order chi connectivity index (χ1) is 14.2. The molecule has 0 saturated heterocycles. The number of aromatic nitrogens is 3. The van der Waals surface area contributed by atoms with E-state index >= 15 is 0 Å². The summed E-state index contributed by atoms with van der Waals surface area (Å²) in [5.41, 5.74) is 3.25. The number of carbonyl (C=O) groups excluding carboxylic acids is 1. The van der Waals surface area contributed by atoms with Crippen molar-refractivity contribution >= 4 is 33.4 Å². The van der Waals surface area contributed by atoms with E-state index in [2.05, 4.69) is 15.5 Å². The molecule has 2 aromatic carbocycles. The van der Waals surface area contributed by atoms with E-state index in [0.29, 0.717) is 10.8 Å². The predicted octanol–water partition coefficient (Wildman–Crippen LogP) is 2.87. The lowest BCUT2D eigenvalue weighted by molar-refractivity contribution is -0.113. The Morgan fingerprint density at radius 3 is 2.57 bits per heavy atom. The Labute approximate surface area is 180 Å². The summed E-state index contributed by atoms with van der Waals surface area (Å²) in [4.78, 5) is 12.6. The molecule has 1 heterocycles. The molecule has 1 amide bonds. The quantitative estimate of drug-likeness (QED) is 0.562. The molecular formula is C20H23N5O3S2. The number of hydrogen-bond donors (Lipinski definition) is 1. The van der Waals surface area contributed by atoms with Crippen LogP contribution in [0.2, 0.25) is 0 Å². The minimum Gasteiger partial charge on any atom is -0.325 e. The van der Waals surface area contributed by atoms with Gasteiger partial charge in [-0.05, 0) is 43.2 Å². The number of para-hydroxylation sites is 1. The van der Waals surface area contributed by atoms with Gasteiger partial charge >= 0.3 is 0 Å². The molecule has 0 radical (unpaired) electrons. The number of nitrogens with zero attached hydrogens (tertiary/aromatic N) is 4. The van der Waals surface area contributed by atoms with Crippen LogP contribution in [0.25, 0.3) is 5.69 Å². The molecule has 0 bridgehead atoms. The second-order valence-electron chi connectivity index (χ2n) is 6.87. The molecule has 8 nitrogen and oxygen atoms in total. The molecule has 3 aromatic rings. The van der Waals surface area contributed by atoms with Crippen LogP contribution in [0.5, 0.6) is 0 Å². The lowest BCUT2D eigenvalue weighted by atomic mass is 10.2. The Hall–Kier alpha value is -2.69. The molecule has 0 fully saturated rings. The van der Waals surface area contributed by atoms with Crippen LogP contribution in [-0.2, 0) is 14.8 Å². The maximum absolute atomic E-state index is 12.5. The fourth-order valence-electron chi connectivity index (χ4n) is 2.75. The Balaban J connectivity index is 1.73. The van der Waals surface area contributed by atoms with Gasteiger partial charge in [-0.25, -0.2) is 12.7 Å². The molecule has 0 aliphatic heterocycles. The van der Waals surface area contributed by atoms with Crippen molar-refractivity contribution in [2.75, 3.05) is 25.2 Å². The highest BCUT2D eigenvalue weighted by Gasteiger charge is 2.19. The number of rotatable bonds is 7. The SMILES string of the molecule is Cc1ccc(S(=O)(=O)N(C)C)cc1NC(=O)CSc1nncn1-c1ccccc1C. The molecule has 0 aliphatic rings. The minimum absolute atomic E-state index is 0.106. The molecule has 1 N–H and O–H groups in total. The number of sulfonamides is 1. The average molecular weight is 446 g/mol. The second kappa shape index (κ2) is 8.99. The summed E-state index contributed by atoms with van der Waals surface area (Å²) in [6.07, 6.45) is 1.61. The highest BCUT2D eigenvalue weighted by atomic mass is 32.2. The first-order valence-corrected chi connectivity index (χ1v) is 11.5. The van der Waals surface area contributed by atoms with Crippen LogP contribution < -0.4 is 5.32 Å². The Kier molecular flexibility index (Phi) is 6.59. The standard InChI is InChI=1S/C20H23N5O3S2/c1-14-9-10-16(30(27,28)24(3)4)11-17(14)22-19(26)12-29-20-23-21-13-25(20)18-8-6-5-7-15(18)2/h5-11,13H,12H2,1-4H3,(H,22,26). The third-order valence-corrected chi connectivity index (χ3v) is 7.24.